The first-order chi connectivity index (χ1) is 16.4. The van der Waals surface area contributed by atoms with E-state index in [9.17, 15) is 14.0 Å². The number of hydrogen-bond donors (Lipinski definition) is 3. The van der Waals surface area contributed by atoms with Gasteiger partial charge in [-0.15, -0.1) is 0 Å². The molecule has 1 saturated heterocycles. The van der Waals surface area contributed by atoms with Gasteiger partial charge in [0, 0.05) is 24.8 Å². The average molecular weight is 460 g/mol. The Morgan fingerprint density at radius 3 is 2.38 bits per heavy atom. The molecule has 0 aliphatic carbocycles. The van der Waals surface area contributed by atoms with E-state index in [1.165, 1.54) is 12.1 Å². The van der Waals surface area contributed by atoms with Crippen LogP contribution in [0.4, 0.5) is 15.9 Å². The fraction of sp³-hybridized carbons (Fsp3) is 0.231. The molecule has 2 heterocycles. The van der Waals surface area contributed by atoms with Gasteiger partial charge in [-0.25, -0.2) is 9.37 Å². The fourth-order valence-corrected chi connectivity index (χ4v) is 3.85. The molecule has 34 heavy (non-hydrogen) atoms. The van der Waals surface area contributed by atoms with Crippen LogP contribution in [0, 0.1) is 18.2 Å². The predicted octanol–water partition coefficient (Wildman–Crippen LogP) is 4.84. The summed E-state index contributed by atoms with van der Waals surface area (Å²) < 4.78 is 14.8. The summed E-state index contributed by atoms with van der Waals surface area (Å²) in [5.74, 6) is -1.20. The third-order valence-corrected chi connectivity index (χ3v) is 5.73. The number of amidine groups is 1. The number of para-hydroxylation sites is 1. The highest BCUT2D eigenvalue weighted by atomic mass is 19.1. The van der Waals surface area contributed by atoms with Crippen molar-refractivity contribution in [3.63, 3.8) is 0 Å². The van der Waals surface area contributed by atoms with Crippen molar-refractivity contribution >= 4 is 29.2 Å². The van der Waals surface area contributed by atoms with Crippen molar-refractivity contribution in [1.29, 1.82) is 5.41 Å². The van der Waals surface area contributed by atoms with Crippen molar-refractivity contribution in [1.82, 2.24) is 9.88 Å². The maximum absolute atomic E-state index is 14.8. The van der Waals surface area contributed by atoms with E-state index in [1.54, 1.807) is 42.6 Å². The molecule has 8 heteroatoms. The van der Waals surface area contributed by atoms with E-state index in [2.05, 4.69) is 15.6 Å². The monoisotopic (exact) mass is 459 g/mol. The number of pyridine rings is 1. The Morgan fingerprint density at radius 1 is 0.941 bits per heavy atom. The minimum atomic E-state index is -0.720. The first-order valence-electron chi connectivity index (χ1n) is 11.2. The van der Waals surface area contributed by atoms with E-state index in [1.807, 2.05) is 17.9 Å². The van der Waals surface area contributed by atoms with E-state index >= 15 is 0 Å². The number of amides is 2. The van der Waals surface area contributed by atoms with Crippen LogP contribution in [0.3, 0.4) is 0 Å². The highest BCUT2D eigenvalue weighted by Crippen LogP contribution is 2.20. The van der Waals surface area contributed by atoms with Gasteiger partial charge in [0.15, 0.2) is 0 Å². The minimum Gasteiger partial charge on any atom is -0.357 e. The Balaban J connectivity index is 1.49. The molecule has 0 saturated carbocycles. The zero-order valence-electron chi connectivity index (χ0n) is 18.9. The van der Waals surface area contributed by atoms with Crippen LogP contribution in [0.25, 0.3) is 0 Å². The lowest BCUT2D eigenvalue weighted by Gasteiger charge is -2.29. The minimum absolute atomic E-state index is 0.161. The number of carbonyl (C=O) groups is 2. The van der Waals surface area contributed by atoms with E-state index in [0.29, 0.717) is 11.4 Å². The molecule has 7 nitrogen and oxygen atoms in total. The van der Waals surface area contributed by atoms with E-state index < -0.39 is 17.6 Å². The van der Waals surface area contributed by atoms with Crippen molar-refractivity contribution in [2.75, 3.05) is 23.7 Å². The van der Waals surface area contributed by atoms with Crippen molar-refractivity contribution in [2.45, 2.75) is 26.2 Å². The number of nitrogens with zero attached hydrogens (tertiary/aromatic N) is 2. The van der Waals surface area contributed by atoms with Gasteiger partial charge in [-0.1, -0.05) is 24.3 Å². The fourth-order valence-electron chi connectivity index (χ4n) is 3.85. The summed E-state index contributed by atoms with van der Waals surface area (Å²) in [6.07, 6.45) is 4.80. The quantitative estimate of drug-likeness (QED) is 0.375. The molecule has 0 atom stereocenters. The molecule has 1 aliphatic heterocycles. The maximum atomic E-state index is 14.8. The molecule has 3 aromatic rings. The molecule has 3 N–H and O–H groups in total. The Hall–Kier alpha value is -4.07. The summed E-state index contributed by atoms with van der Waals surface area (Å²) >= 11 is 0. The number of nitrogens with one attached hydrogen (secondary N) is 3. The largest absolute Gasteiger partial charge is 0.357 e. The molecule has 0 radical (unpaired) electrons. The number of aromatic nitrogens is 1. The van der Waals surface area contributed by atoms with Crippen LogP contribution in [-0.4, -0.2) is 40.6 Å². The Labute approximate surface area is 197 Å². The summed E-state index contributed by atoms with van der Waals surface area (Å²) in [7, 11) is 0. The third kappa shape index (κ3) is 5.28. The second kappa shape index (κ2) is 10.2. The Morgan fingerprint density at radius 2 is 1.68 bits per heavy atom. The van der Waals surface area contributed by atoms with Gasteiger partial charge in [-0.3, -0.25) is 15.0 Å². The molecule has 2 aromatic carbocycles. The number of aryl methyl sites for hydroxylation is 1. The number of hydrogen-bond acceptors (Lipinski definition) is 4. The zero-order valence-corrected chi connectivity index (χ0v) is 18.9. The van der Waals surface area contributed by atoms with Crippen LogP contribution in [0.1, 0.15) is 51.1 Å². The topological polar surface area (TPSA) is 98.2 Å². The number of anilines is 2. The first kappa shape index (κ1) is 23.1. The van der Waals surface area contributed by atoms with Crippen LogP contribution in [-0.2, 0) is 0 Å². The van der Waals surface area contributed by atoms with Crippen LogP contribution >= 0.6 is 0 Å². The molecule has 1 fully saturated rings. The molecular weight excluding hydrogens is 433 g/mol. The normalized spacial score (nSPS) is 13.3. The molecular formula is C26H26FN5O2. The SMILES string of the molecule is Cc1ccc(NC(=O)c2ccccc2NC(=O)c2ccc(C(=N)N3CCCCC3)cc2F)nc1. The van der Waals surface area contributed by atoms with Gasteiger partial charge in [0.05, 0.1) is 16.8 Å². The number of carbonyl (C=O) groups excluding carboxylic acids is 2. The van der Waals surface area contributed by atoms with Gasteiger partial charge < -0.3 is 15.5 Å². The summed E-state index contributed by atoms with van der Waals surface area (Å²) in [6.45, 7) is 3.45. The van der Waals surface area contributed by atoms with E-state index in [-0.39, 0.29) is 22.6 Å². The maximum Gasteiger partial charge on any atom is 0.258 e. The lowest BCUT2D eigenvalue weighted by Crippen LogP contribution is -2.35. The van der Waals surface area contributed by atoms with Crippen molar-refractivity contribution in [3.8, 4) is 0 Å². The van der Waals surface area contributed by atoms with Crippen molar-refractivity contribution in [2.24, 2.45) is 0 Å². The highest BCUT2D eigenvalue weighted by Gasteiger charge is 2.20. The number of rotatable bonds is 5. The lowest BCUT2D eigenvalue weighted by molar-refractivity contribution is 0.102. The predicted molar refractivity (Wildman–Crippen MR) is 130 cm³/mol. The molecule has 1 aromatic heterocycles. The van der Waals surface area contributed by atoms with Gasteiger partial charge in [-0.05, 0) is 62.1 Å². The van der Waals surface area contributed by atoms with Crippen LogP contribution in [0.15, 0.2) is 60.8 Å². The second-order valence-electron chi connectivity index (χ2n) is 8.27. The van der Waals surface area contributed by atoms with Gasteiger partial charge in [0.1, 0.15) is 17.5 Å². The smallest absolute Gasteiger partial charge is 0.258 e. The average Bonchev–Trinajstić information content (AvgIpc) is 2.85. The summed E-state index contributed by atoms with van der Waals surface area (Å²) in [6, 6.07) is 14.2. The summed E-state index contributed by atoms with van der Waals surface area (Å²) in [5.41, 5.74) is 1.71. The summed E-state index contributed by atoms with van der Waals surface area (Å²) in [4.78, 5) is 31.7. The van der Waals surface area contributed by atoms with Crippen LogP contribution in [0.2, 0.25) is 0 Å². The Bertz CT molecular complexity index is 1220. The van der Waals surface area contributed by atoms with Crippen molar-refractivity contribution < 1.29 is 14.0 Å². The molecule has 0 unspecified atom stereocenters. The molecule has 2 amide bonds. The van der Waals surface area contributed by atoms with Gasteiger partial charge in [0.2, 0.25) is 0 Å². The molecule has 4 rings (SSSR count). The highest BCUT2D eigenvalue weighted by molar-refractivity contribution is 6.12. The van der Waals surface area contributed by atoms with E-state index in [0.717, 1.165) is 37.9 Å². The standard InChI is InChI=1S/C26H26FN5O2/c1-17-9-12-23(29-16-17)31-26(34)20-7-3-4-8-22(20)30-25(33)19-11-10-18(15-21(19)27)24(28)32-13-5-2-6-14-32/h3-4,7-12,15-16,28H,2,5-6,13-14H2,1H3,(H,30,33)(H,29,31,34). The third-order valence-electron chi connectivity index (χ3n) is 5.73. The van der Waals surface area contributed by atoms with Gasteiger partial charge >= 0.3 is 0 Å². The molecule has 0 spiro atoms. The van der Waals surface area contributed by atoms with Crippen molar-refractivity contribution in [3.05, 3.63) is 88.9 Å². The van der Waals surface area contributed by atoms with Crippen LogP contribution in [0.5, 0.6) is 0 Å². The van der Waals surface area contributed by atoms with E-state index in [4.69, 9.17) is 5.41 Å². The number of halogens is 1. The van der Waals surface area contributed by atoms with Crippen LogP contribution < -0.4 is 10.6 Å². The zero-order chi connectivity index (χ0) is 24.1. The Kier molecular flexibility index (Phi) is 6.96. The lowest BCUT2D eigenvalue weighted by atomic mass is 10.1. The molecule has 174 valence electrons. The van der Waals surface area contributed by atoms with Gasteiger partial charge in [0.25, 0.3) is 11.8 Å². The first-order valence-corrected chi connectivity index (χ1v) is 11.2. The summed E-state index contributed by atoms with van der Waals surface area (Å²) in [5, 5.41) is 13.7. The number of piperidine rings is 1. The second-order valence-corrected chi connectivity index (χ2v) is 8.27. The van der Waals surface area contributed by atoms with Gasteiger partial charge in [-0.2, -0.15) is 0 Å². The number of likely N-dealkylation sites (tertiary alicyclic amines) is 1. The molecule has 0 bridgehead atoms. The number of benzene rings is 2. The molecule has 1 aliphatic rings.